The number of hydrogen-bond acceptors (Lipinski definition) is 1. The van der Waals surface area contributed by atoms with Crippen molar-refractivity contribution in [3.05, 3.63) is 158 Å². The predicted molar refractivity (Wildman–Crippen MR) is 184 cm³/mol. The van der Waals surface area contributed by atoms with Crippen LogP contribution in [0.5, 0.6) is 0 Å². The third-order valence-corrected chi connectivity index (χ3v) is 9.44. The van der Waals surface area contributed by atoms with E-state index in [1.54, 1.807) is 0 Å². The van der Waals surface area contributed by atoms with Gasteiger partial charge in [-0.25, -0.2) is 0 Å². The van der Waals surface area contributed by atoms with E-state index in [1.807, 2.05) is 0 Å². The summed E-state index contributed by atoms with van der Waals surface area (Å²) < 4.78 is 2.42. The Bertz CT molecular complexity index is 2460. The molecule has 1 aliphatic carbocycles. The van der Waals surface area contributed by atoms with E-state index < -0.39 is 0 Å². The molecule has 0 saturated heterocycles. The van der Waals surface area contributed by atoms with E-state index in [1.165, 1.54) is 77.6 Å². The average Bonchev–Trinajstić information content (AvgIpc) is 3.58. The summed E-state index contributed by atoms with van der Waals surface area (Å²) >= 11 is 0. The van der Waals surface area contributed by atoms with E-state index in [4.69, 9.17) is 0 Å². The van der Waals surface area contributed by atoms with Crippen LogP contribution in [0.25, 0.3) is 71.9 Å². The highest BCUT2D eigenvalue weighted by atomic mass is 15.3. The third-order valence-electron chi connectivity index (χ3n) is 9.44. The van der Waals surface area contributed by atoms with Gasteiger partial charge in [0.2, 0.25) is 0 Å². The highest BCUT2D eigenvalue weighted by Gasteiger charge is 2.28. The van der Waals surface area contributed by atoms with Crippen LogP contribution in [-0.4, -0.2) is 4.57 Å². The van der Waals surface area contributed by atoms with E-state index in [0.717, 1.165) is 11.5 Å². The molecule has 0 spiro atoms. The summed E-state index contributed by atoms with van der Waals surface area (Å²) in [5.74, 6) is 1.14. The Morgan fingerprint density at radius 3 is 1.86 bits per heavy atom. The molecule has 2 aliphatic rings. The molecule has 1 aliphatic heterocycles. The Morgan fingerprint density at radius 1 is 0.364 bits per heavy atom. The lowest BCUT2D eigenvalue weighted by atomic mass is 9.97. The fourth-order valence-corrected chi connectivity index (χ4v) is 7.54. The Balaban J connectivity index is 1.19. The Morgan fingerprint density at radius 2 is 1.00 bits per heavy atom. The summed E-state index contributed by atoms with van der Waals surface area (Å²) in [6, 6.07) is 57.9. The molecular weight excluding hydrogens is 532 g/mol. The van der Waals surface area contributed by atoms with Crippen LogP contribution in [0.15, 0.2) is 158 Å². The minimum Gasteiger partial charge on any atom is -0.295 e. The van der Waals surface area contributed by atoms with Crippen LogP contribution in [0, 0.1) is 0 Å². The molecule has 0 saturated carbocycles. The highest BCUT2D eigenvalue weighted by molar-refractivity contribution is 6.15. The van der Waals surface area contributed by atoms with Crippen LogP contribution in [-0.2, 0) is 0 Å². The maximum absolute atomic E-state index is 2.43. The molecule has 0 amide bonds. The topological polar surface area (TPSA) is 8.17 Å². The number of fused-ring (bicyclic) bond motifs is 10. The van der Waals surface area contributed by atoms with Gasteiger partial charge in [-0.15, -0.1) is 0 Å². The molecule has 2 heterocycles. The van der Waals surface area contributed by atoms with Crippen LogP contribution >= 0.6 is 0 Å². The molecule has 0 bridgehead atoms. The summed E-state index contributed by atoms with van der Waals surface area (Å²) in [4.78, 5) is 2.43. The van der Waals surface area contributed by atoms with Gasteiger partial charge in [0.15, 0.2) is 0 Å². The van der Waals surface area contributed by atoms with E-state index in [0.29, 0.717) is 0 Å². The normalized spacial score (nSPS) is 12.5. The molecule has 10 rings (SSSR count). The van der Waals surface area contributed by atoms with Gasteiger partial charge in [0.25, 0.3) is 0 Å². The molecule has 44 heavy (non-hydrogen) atoms. The van der Waals surface area contributed by atoms with Gasteiger partial charge in [-0.2, -0.15) is 0 Å². The number of hydrogen-bond donors (Lipinski definition) is 0. The fraction of sp³-hybridized carbons (Fsp3) is 0. The second-order valence-corrected chi connectivity index (χ2v) is 11.8. The standard InChI is InChI=1S/C42H26N2/c1-4-19-38-30(10-1)26-41-43(39-20-5-2-15-33(39)34-16-3-6-21-40(34)44(38)41)31-14-7-13-28(24-31)29-22-23-32-35-17-8-11-27-12-9-18-36(42(27)35)37(32)25-29/h1-26H. The van der Waals surface area contributed by atoms with Crippen molar-refractivity contribution in [2.45, 2.75) is 0 Å². The summed E-state index contributed by atoms with van der Waals surface area (Å²) in [5, 5.41) is 3.89. The van der Waals surface area contributed by atoms with Gasteiger partial charge < -0.3 is 0 Å². The summed E-state index contributed by atoms with van der Waals surface area (Å²) in [6.45, 7) is 0. The summed E-state index contributed by atoms with van der Waals surface area (Å²) in [6.07, 6.45) is 0. The van der Waals surface area contributed by atoms with Gasteiger partial charge in [-0.3, -0.25) is 9.47 Å². The first-order chi connectivity index (χ1) is 21.8. The third kappa shape index (κ3) is 3.20. The Hall–Kier alpha value is -5.86. The number of para-hydroxylation sites is 3. The quantitative estimate of drug-likeness (QED) is 0.205. The molecule has 204 valence electrons. The van der Waals surface area contributed by atoms with Crippen LogP contribution in [0.2, 0.25) is 0 Å². The smallest absolute Gasteiger partial charge is 0.123 e. The van der Waals surface area contributed by atoms with Crippen LogP contribution in [0.3, 0.4) is 0 Å². The largest absolute Gasteiger partial charge is 0.295 e. The van der Waals surface area contributed by atoms with Gasteiger partial charge in [-0.1, -0.05) is 115 Å². The molecule has 1 aromatic heterocycles. The average molecular weight is 559 g/mol. The van der Waals surface area contributed by atoms with Crippen molar-refractivity contribution >= 4 is 38.9 Å². The van der Waals surface area contributed by atoms with Crippen LogP contribution in [0.1, 0.15) is 0 Å². The number of nitrogens with zero attached hydrogens (tertiary/aromatic N) is 2. The maximum atomic E-state index is 2.43. The van der Waals surface area contributed by atoms with Crippen molar-refractivity contribution in [2.24, 2.45) is 0 Å². The van der Waals surface area contributed by atoms with Crippen molar-refractivity contribution in [3.63, 3.8) is 0 Å². The second-order valence-electron chi connectivity index (χ2n) is 11.8. The van der Waals surface area contributed by atoms with Crippen molar-refractivity contribution in [3.8, 4) is 50.2 Å². The first-order valence-electron chi connectivity index (χ1n) is 15.2. The molecule has 0 atom stereocenters. The predicted octanol–water partition coefficient (Wildman–Crippen LogP) is 11.5. The lowest BCUT2D eigenvalue weighted by Crippen LogP contribution is -2.12. The van der Waals surface area contributed by atoms with Gasteiger partial charge in [0.1, 0.15) is 5.82 Å². The van der Waals surface area contributed by atoms with Gasteiger partial charge in [0.05, 0.1) is 16.9 Å². The van der Waals surface area contributed by atoms with Crippen molar-refractivity contribution in [1.82, 2.24) is 4.57 Å². The minimum absolute atomic E-state index is 1.14. The maximum Gasteiger partial charge on any atom is 0.123 e. The highest BCUT2D eigenvalue weighted by Crippen LogP contribution is 2.50. The minimum atomic E-state index is 1.14. The second kappa shape index (κ2) is 8.82. The fourth-order valence-electron chi connectivity index (χ4n) is 7.54. The zero-order chi connectivity index (χ0) is 28.8. The molecule has 2 heteroatoms. The number of anilines is 3. The zero-order valence-corrected chi connectivity index (χ0v) is 23.9. The first-order valence-corrected chi connectivity index (χ1v) is 15.2. The van der Waals surface area contributed by atoms with Crippen molar-refractivity contribution in [1.29, 1.82) is 0 Å². The number of aromatic nitrogens is 1. The summed E-state index contributed by atoms with van der Waals surface area (Å²) in [7, 11) is 0. The van der Waals surface area contributed by atoms with E-state index in [2.05, 4.69) is 167 Å². The lowest BCUT2D eigenvalue weighted by molar-refractivity contribution is 1.09. The SMILES string of the molecule is c1cc(-c2ccc3c(c2)-c2cccc4cccc-3c24)cc(N2c3ccccc3-c3ccccc3-n3c2cc2ccccc23)c1. The molecular formula is C42H26N2. The van der Waals surface area contributed by atoms with Crippen LogP contribution < -0.4 is 4.90 Å². The van der Waals surface area contributed by atoms with E-state index in [-0.39, 0.29) is 0 Å². The molecule has 8 aromatic rings. The van der Waals surface area contributed by atoms with Gasteiger partial charge in [0, 0.05) is 22.2 Å². The summed E-state index contributed by atoms with van der Waals surface area (Å²) in [5.41, 5.74) is 14.9. The van der Waals surface area contributed by atoms with E-state index >= 15 is 0 Å². The van der Waals surface area contributed by atoms with E-state index in [9.17, 15) is 0 Å². The lowest BCUT2D eigenvalue weighted by Gasteiger charge is -2.26. The Labute approximate surface area is 255 Å². The first kappa shape index (κ1) is 23.7. The molecule has 2 nitrogen and oxygen atoms in total. The molecule has 0 fully saturated rings. The van der Waals surface area contributed by atoms with Crippen molar-refractivity contribution in [2.75, 3.05) is 4.90 Å². The molecule has 0 radical (unpaired) electrons. The zero-order valence-electron chi connectivity index (χ0n) is 23.9. The number of benzene rings is 7. The van der Waals surface area contributed by atoms with Gasteiger partial charge >= 0.3 is 0 Å². The van der Waals surface area contributed by atoms with Crippen LogP contribution in [0.4, 0.5) is 17.2 Å². The number of rotatable bonds is 2. The molecule has 0 N–H and O–H groups in total. The van der Waals surface area contributed by atoms with Gasteiger partial charge in [-0.05, 0) is 86.6 Å². The molecule has 0 unspecified atom stereocenters. The molecule has 7 aromatic carbocycles. The Kier molecular flexibility index (Phi) is 4.75. The van der Waals surface area contributed by atoms with Crippen molar-refractivity contribution < 1.29 is 0 Å². The monoisotopic (exact) mass is 558 g/mol.